The Morgan fingerprint density at radius 3 is 2.37 bits per heavy atom. The number of benzene rings is 2. The van der Waals surface area contributed by atoms with Crippen LogP contribution in [-0.2, 0) is 4.79 Å². The first-order chi connectivity index (χ1) is 14.7. The molecule has 0 saturated heterocycles. The van der Waals surface area contributed by atoms with Crippen LogP contribution in [0, 0.1) is 11.3 Å². The Bertz CT molecular complexity index is 1240. The maximum atomic E-state index is 12.2. The molecule has 0 fully saturated rings. The molecule has 4 rings (SSSR count). The van der Waals surface area contributed by atoms with Crippen LogP contribution in [0.2, 0.25) is 0 Å². The van der Waals surface area contributed by atoms with Crippen LogP contribution in [0.3, 0.4) is 0 Å². The lowest BCUT2D eigenvalue weighted by molar-refractivity contribution is -0.115. The molecule has 5 nitrogen and oxygen atoms in total. The van der Waals surface area contributed by atoms with Gasteiger partial charge in [-0.15, -0.1) is 22.7 Å². The molecule has 4 aromatic rings. The van der Waals surface area contributed by atoms with Crippen LogP contribution in [-0.4, -0.2) is 15.9 Å². The SMILES string of the molecule is CC(=O)N(c1ccccc1)c1nc(/C=C(\C#N)c2nc(-c3ccccc3)cs2)cs1. The minimum absolute atomic E-state index is 0.126. The molecule has 30 heavy (non-hydrogen) atoms. The third-order valence-electron chi connectivity index (χ3n) is 4.25. The highest BCUT2D eigenvalue weighted by Crippen LogP contribution is 2.31. The van der Waals surface area contributed by atoms with Gasteiger partial charge in [0.15, 0.2) is 5.13 Å². The third kappa shape index (κ3) is 4.20. The number of carbonyl (C=O) groups is 1. The number of amides is 1. The van der Waals surface area contributed by atoms with E-state index in [1.54, 1.807) is 11.0 Å². The highest BCUT2D eigenvalue weighted by Gasteiger charge is 2.18. The van der Waals surface area contributed by atoms with Gasteiger partial charge >= 0.3 is 0 Å². The van der Waals surface area contributed by atoms with Gasteiger partial charge in [-0.25, -0.2) is 9.97 Å². The number of rotatable bonds is 5. The number of hydrogen-bond donors (Lipinski definition) is 0. The molecule has 2 aromatic heterocycles. The van der Waals surface area contributed by atoms with Crippen molar-refractivity contribution in [1.29, 1.82) is 5.26 Å². The molecule has 7 heteroatoms. The molecule has 0 aliphatic carbocycles. The van der Waals surface area contributed by atoms with Gasteiger partial charge in [0.2, 0.25) is 5.91 Å². The first kappa shape index (κ1) is 19.7. The fourth-order valence-electron chi connectivity index (χ4n) is 2.88. The molecule has 0 spiro atoms. The van der Waals surface area contributed by atoms with E-state index in [1.165, 1.54) is 29.6 Å². The summed E-state index contributed by atoms with van der Waals surface area (Å²) in [6.07, 6.45) is 1.71. The van der Waals surface area contributed by atoms with E-state index in [0.29, 0.717) is 21.4 Å². The molecule has 0 N–H and O–H groups in total. The number of anilines is 2. The minimum Gasteiger partial charge on any atom is -0.274 e. The van der Waals surface area contributed by atoms with Crippen molar-refractivity contribution >= 4 is 51.0 Å². The molecule has 0 radical (unpaired) electrons. The number of allylic oxidation sites excluding steroid dienone is 1. The predicted molar refractivity (Wildman–Crippen MR) is 122 cm³/mol. The van der Waals surface area contributed by atoms with Gasteiger partial charge in [0, 0.05) is 23.2 Å². The van der Waals surface area contributed by atoms with Crippen LogP contribution < -0.4 is 4.90 Å². The van der Waals surface area contributed by atoms with E-state index in [2.05, 4.69) is 16.0 Å². The van der Waals surface area contributed by atoms with Gasteiger partial charge in [0.25, 0.3) is 0 Å². The Morgan fingerprint density at radius 2 is 1.70 bits per heavy atom. The molecule has 0 aliphatic heterocycles. The van der Waals surface area contributed by atoms with Crippen LogP contribution in [0.1, 0.15) is 17.6 Å². The number of aromatic nitrogens is 2. The van der Waals surface area contributed by atoms with Gasteiger partial charge in [-0.2, -0.15) is 5.26 Å². The van der Waals surface area contributed by atoms with Crippen molar-refractivity contribution in [3.63, 3.8) is 0 Å². The zero-order valence-corrected chi connectivity index (χ0v) is 17.7. The van der Waals surface area contributed by atoms with Crippen molar-refractivity contribution in [2.75, 3.05) is 4.90 Å². The van der Waals surface area contributed by atoms with Gasteiger partial charge in [0.1, 0.15) is 11.1 Å². The molecule has 0 atom stereocenters. The Hall–Kier alpha value is -3.60. The number of carbonyl (C=O) groups excluding carboxylic acids is 1. The van der Waals surface area contributed by atoms with E-state index in [-0.39, 0.29) is 5.91 Å². The Kier molecular flexibility index (Phi) is 5.80. The largest absolute Gasteiger partial charge is 0.274 e. The first-order valence-electron chi connectivity index (χ1n) is 9.10. The Balaban J connectivity index is 1.63. The van der Waals surface area contributed by atoms with Gasteiger partial charge in [-0.3, -0.25) is 9.69 Å². The van der Waals surface area contributed by atoms with Crippen molar-refractivity contribution in [2.24, 2.45) is 0 Å². The van der Waals surface area contributed by atoms with Gasteiger partial charge in [0.05, 0.1) is 22.6 Å². The average molecular weight is 429 g/mol. The summed E-state index contributed by atoms with van der Waals surface area (Å²) >= 11 is 2.77. The third-order valence-corrected chi connectivity index (χ3v) is 5.97. The molecule has 1 amide bonds. The minimum atomic E-state index is -0.126. The maximum Gasteiger partial charge on any atom is 0.230 e. The fourth-order valence-corrected chi connectivity index (χ4v) is 4.52. The normalized spacial score (nSPS) is 11.1. The number of nitriles is 1. The number of hydrogen-bond acceptors (Lipinski definition) is 6. The van der Waals surface area contributed by atoms with Gasteiger partial charge < -0.3 is 0 Å². The van der Waals surface area contributed by atoms with Crippen molar-refractivity contribution in [3.05, 3.63) is 82.1 Å². The lowest BCUT2D eigenvalue weighted by Gasteiger charge is -2.17. The van der Waals surface area contributed by atoms with E-state index in [4.69, 9.17) is 0 Å². The predicted octanol–water partition coefficient (Wildman–Crippen LogP) is 6.02. The molecule has 2 heterocycles. The van der Waals surface area contributed by atoms with Crippen molar-refractivity contribution in [3.8, 4) is 17.3 Å². The topological polar surface area (TPSA) is 69.9 Å². The zero-order valence-electron chi connectivity index (χ0n) is 16.0. The van der Waals surface area contributed by atoms with E-state index < -0.39 is 0 Å². The van der Waals surface area contributed by atoms with Crippen molar-refractivity contribution < 1.29 is 4.79 Å². The van der Waals surface area contributed by atoms with Gasteiger partial charge in [-0.05, 0) is 18.2 Å². The monoisotopic (exact) mass is 428 g/mol. The number of para-hydroxylation sites is 1. The van der Waals surface area contributed by atoms with Crippen LogP contribution in [0.25, 0.3) is 22.9 Å². The standard InChI is InChI=1S/C23H16N4OS2/c1-16(28)27(20-10-6-3-7-11-20)23-25-19(14-30-23)12-18(13-24)22-26-21(15-29-22)17-8-4-2-5-9-17/h2-12,14-15H,1H3/b18-12+. The molecular formula is C23H16N4OS2. The van der Waals surface area contributed by atoms with Crippen LogP contribution in [0.5, 0.6) is 0 Å². The second-order valence-corrected chi connectivity index (χ2v) is 8.01. The van der Waals surface area contributed by atoms with Crippen LogP contribution in [0.15, 0.2) is 71.4 Å². The second-order valence-electron chi connectivity index (χ2n) is 6.32. The molecule has 0 saturated carbocycles. The maximum absolute atomic E-state index is 12.2. The summed E-state index contributed by atoms with van der Waals surface area (Å²) < 4.78 is 0. The first-order valence-corrected chi connectivity index (χ1v) is 10.9. The summed E-state index contributed by atoms with van der Waals surface area (Å²) in [4.78, 5) is 22.9. The van der Waals surface area contributed by atoms with E-state index in [1.807, 2.05) is 71.4 Å². The summed E-state index contributed by atoms with van der Waals surface area (Å²) in [7, 11) is 0. The second kappa shape index (κ2) is 8.82. The zero-order chi connectivity index (χ0) is 20.9. The smallest absolute Gasteiger partial charge is 0.230 e. The van der Waals surface area contributed by atoms with Crippen molar-refractivity contribution in [1.82, 2.24) is 9.97 Å². The van der Waals surface area contributed by atoms with Crippen LogP contribution >= 0.6 is 22.7 Å². The molecule has 0 bridgehead atoms. The van der Waals surface area contributed by atoms with E-state index in [9.17, 15) is 10.1 Å². The average Bonchev–Trinajstić information content (AvgIpc) is 3.43. The molecule has 146 valence electrons. The molecular weight excluding hydrogens is 412 g/mol. The Labute approximate surface area is 182 Å². The summed E-state index contributed by atoms with van der Waals surface area (Å²) in [6, 6.07) is 21.4. The van der Waals surface area contributed by atoms with Crippen molar-refractivity contribution in [2.45, 2.75) is 6.92 Å². The Morgan fingerprint density at radius 1 is 1.00 bits per heavy atom. The summed E-state index contributed by atoms with van der Waals surface area (Å²) in [5, 5.41) is 14.6. The highest BCUT2D eigenvalue weighted by molar-refractivity contribution is 7.14. The number of thiazole rings is 2. The highest BCUT2D eigenvalue weighted by atomic mass is 32.1. The van der Waals surface area contributed by atoms with Gasteiger partial charge in [-0.1, -0.05) is 48.5 Å². The number of nitrogens with zero attached hydrogens (tertiary/aromatic N) is 4. The summed E-state index contributed by atoms with van der Waals surface area (Å²) in [5.41, 5.74) is 3.65. The summed E-state index contributed by atoms with van der Waals surface area (Å²) in [5.74, 6) is -0.126. The molecule has 0 unspecified atom stereocenters. The fraction of sp³-hybridized carbons (Fsp3) is 0.0435. The molecule has 0 aliphatic rings. The quantitative estimate of drug-likeness (QED) is 0.365. The molecule has 2 aromatic carbocycles. The lowest BCUT2D eigenvalue weighted by Crippen LogP contribution is -2.22. The summed E-state index contributed by atoms with van der Waals surface area (Å²) in [6.45, 7) is 1.51. The van der Waals surface area contributed by atoms with Crippen LogP contribution in [0.4, 0.5) is 10.8 Å². The van der Waals surface area contributed by atoms with E-state index >= 15 is 0 Å². The van der Waals surface area contributed by atoms with E-state index in [0.717, 1.165) is 16.9 Å². The lowest BCUT2D eigenvalue weighted by atomic mass is 10.2.